The van der Waals surface area contributed by atoms with E-state index in [0.29, 0.717) is 17.0 Å². The van der Waals surface area contributed by atoms with Crippen molar-refractivity contribution in [2.45, 2.75) is 19.4 Å². The molecule has 9 heteroatoms. The van der Waals surface area contributed by atoms with E-state index in [2.05, 4.69) is 15.5 Å². The largest absolute Gasteiger partial charge is 0.480 e. The Hall–Kier alpha value is -2.29. The number of carbonyl (C=O) groups excluding carboxylic acids is 1. The number of amides is 1. The van der Waals surface area contributed by atoms with Crippen molar-refractivity contribution in [1.82, 2.24) is 25.1 Å². The van der Waals surface area contributed by atoms with Crippen LogP contribution >= 0.6 is 11.3 Å². The van der Waals surface area contributed by atoms with Gasteiger partial charge >= 0.3 is 5.97 Å². The molecule has 0 aliphatic carbocycles. The van der Waals surface area contributed by atoms with Crippen molar-refractivity contribution in [2.24, 2.45) is 0 Å². The van der Waals surface area contributed by atoms with Crippen molar-refractivity contribution in [2.75, 3.05) is 7.05 Å². The Labute approximate surface area is 118 Å². The van der Waals surface area contributed by atoms with E-state index in [4.69, 9.17) is 5.11 Å². The number of nitrogens with zero attached hydrogens (tertiary/aromatic N) is 5. The summed E-state index contributed by atoms with van der Waals surface area (Å²) in [6.45, 7) is 1.72. The predicted octanol–water partition coefficient (Wildman–Crippen LogP) is 0.659. The SMILES string of the molecule is CCC(C(=O)O)N(C)C(=O)c1sccc1-n1cnnn1. The van der Waals surface area contributed by atoms with Gasteiger partial charge in [-0.1, -0.05) is 6.92 Å². The third-order valence-corrected chi connectivity index (χ3v) is 3.79. The fourth-order valence-corrected chi connectivity index (χ4v) is 2.69. The summed E-state index contributed by atoms with van der Waals surface area (Å²) < 4.78 is 1.37. The van der Waals surface area contributed by atoms with Crippen LogP contribution in [-0.2, 0) is 4.79 Å². The van der Waals surface area contributed by atoms with E-state index in [-0.39, 0.29) is 5.91 Å². The number of aromatic nitrogens is 4. The molecule has 0 fully saturated rings. The molecule has 0 aliphatic rings. The zero-order valence-corrected chi connectivity index (χ0v) is 11.7. The molecule has 0 spiro atoms. The van der Waals surface area contributed by atoms with Gasteiger partial charge in [-0.2, -0.15) is 4.68 Å². The third-order valence-electron chi connectivity index (χ3n) is 2.89. The summed E-state index contributed by atoms with van der Waals surface area (Å²) in [5.41, 5.74) is 0.539. The maximum absolute atomic E-state index is 12.4. The van der Waals surface area contributed by atoms with E-state index in [1.54, 1.807) is 18.4 Å². The van der Waals surface area contributed by atoms with Crippen LogP contribution in [0.1, 0.15) is 23.0 Å². The first-order valence-electron chi connectivity index (χ1n) is 5.87. The highest BCUT2D eigenvalue weighted by Crippen LogP contribution is 2.22. The van der Waals surface area contributed by atoms with Gasteiger partial charge in [-0.25, -0.2) is 4.79 Å². The standard InChI is InChI=1S/C11H13N5O3S/c1-3-7(11(18)19)15(2)10(17)9-8(4-5-20-9)16-6-12-13-14-16/h4-7H,3H2,1-2H3,(H,18,19). The van der Waals surface area contributed by atoms with Crippen LogP contribution in [0.15, 0.2) is 17.8 Å². The highest BCUT2D eigenvalue weighted by atomic mass is 32.1. The Balaban J connectivity index is 2.31. The molecule has 106 valence electrons. The van der Waals surface area contributed by atoms with Crippen LogP contribution in [0.2, 0.25) is 0 Å². The number of carbonyl (C=O) groups is 2. The van der Waals surface area contributed by atoms with Gasteiger partial charge in [0.15, 0.2) is 0 Å². The molecule has 0 aromatic carbocycles. The second-order valence-corrected chi connectivity index (χ2v) is 4.98. The number of hydrogen-bond acceptors (Lipinski definition) is 6. The maximum Gasteiger partial charge on any atom is 0.326 e. The zero-order chi connectivity index (χ0) is 14.7. The van der Waals surface area contributed by atoms with Crippen LogP contribution in [-0.4, -0.2) is 55.2 Å². The molecule has 2 aromatic rings. The fourth-order valence-electron chi connectivity index (χ4n) is 1.83. The number of carboxylic acids is 1. The minimum atomic E-state index is -1.02. The molecule has 0 bridgehead atoms. The van der Waals surface area contributed by atoms with Gasteiger partial charge in [-0.05, 0) is 28.3 Å². The summed E-state index contributed by atoms with van der Waals surface area (Å²) in [5, 5.41) is 21.6. The van der Waals surface area contributed by atoms with Crippen molar-refractivity contribution in [3.63, 3.8) is 0 Å². The van der Waals surface area contributed by atoms with Gasteiger partial charge in [0.25, 0.3) is 5.91 Å². The molecule has 2 heterocycles. The highest BCUT2D eigenvalue weighted by Gasteiger charge is 2.28. The summed E-state index contributed by atoms with van der Waals surface area (Å²) in [6, 6.07) is 0.857. The van der Waals surface area contributed by atoms with Crippen LogP contribution in [0.3, 0.4) is 0 Å². The van der Waals surface area contributed by atoms with Crippen LogP contribution in [0.4, 0.5) is 0 Å². The molecule has 1 amide bonds. The Kier molecular flexibility index (Phi) is 4.08. The van der Waals surface area contributed by atoms with Gasteiger partial charge in [0.05, 0.1) is 5.69 Å². The van der Waals surface area contributed by atoms with Crippen molar-refractivity contribution in [3.8, 4) is 5.69 Å². The predicted molar refractivity (Wildman–Crippen MR) is 70.8 cm³/mol. The molecule has 0 aliphatic heterocycles. The number of carboxylic acid groups (broad SMARTS) is 1. The lowest BCUT2D eigenvalue weighted by Crippen LogP contribution is -2.41. The minimum Gasteiger partial charge on any atom is -0.480 e. The lowest BCUT2D eigenvalue weighted by atomic mass is 10.2. The molecule has 1 unspecified atom stereocenters. The second kappa shape index (κ2) is 5.78. The van der Waals surface area contributed by atoms with Crippen LogP contribution in [0, 0.1) is 0 Å². The van der Waals surface area contributed by atoms with Gasteiger partial charge in [-0.3, -0.25) is 4.79 Å². The average Bonchev–Trinajstić information content (AvgIpc) is 3.08. The Morgan fingerprint density at radius 2 is 2.30 bits per heavy atom. The van der Waals surface area contributed by atoms with Gasteiger partial charge in [-0.15, -0.1) is 16.4 Å². The first kappa shape index (κ1) is 14.1. The number of likely N-dealkylation sites (N-methyl/N-ethyl adjacent to an activating group) is 1. The van der Waals surface area contributed by atoms with Crippen LogP contribution in [0.5, 0.6) is 0 Å². The number of thiophene rings is 1. The molecule has 2 rings (SSSR count). The minimum absolute atomic E-state index is 0.336. The quantitative estimate of drug-likeness (QED) is 0.869. The normalized spacial score (nSPS) is 12.1. The molecule has 8 nitrogen and oxygen atoms in total. The van der Waals surface area contributed by atoms with Crippen molar-refractivity contribution in [3.05, 3.63) is 22.7 Å². The molecule has 0 radical (unpaired) electrons. The molecule has 0 saturated heterocycles. The summed E-state index contributed by atoms with van der Waals surface area (Å²) in [7, 11) is 1.48. The van der Waals surface area contributed by atoms with E-state index in [1.807, 2.05) is 0 Å². The number of rotatable bonds is 5. The zero-order valence-electron chi connectivity index (χ0n) is 10.9. The number of hydrogen-bond donors (Lipinski definition) is 1. The van der Waals surface area contributed by atoms with E-state index in [9.17, 15) is 9.59 Å². The maximum atomic E-state index is 12.4. The number of aliphatic carboxylic acids is 1. The Bertz CT molecular complexity index is 609. The van der Waals surface area contributed by atoms with E-state index in [0.717, 1.165) is 0 Å². The molecular weight excluding hydrogens is 282 g/mol. The van der Waals surface area contributed by atoms with Crippen LogP contribution in [0.25, 0.3) is 5.69 Å². The van der Waals surface area contributed by atoms with E-state index < -0.39 is 12.0 Å². The third kappa shape index (κ3) is 2.52. The fraction of sp³-hybridized carbons (Fsp3) is 0.364. The van der Waals surface area contributed by atoms with Gasteiger partial charge < -0.3 is 10.0 Å². The molecule has 1 atom stereocenters. The molecule has 2 aromatic heterocycles. The first-order chi connectivity index (χ1) is 9.56. The Morgan fingerprint density at radius 1 is 1.55 bits per heavy atom. The smallest absolute Gasteiger partial charge is 0.326 e. The summed E-state index contributed by atoms with van der Waals surface area (Å²) in [5.74, 6) is -1.39. The van der Waals surface area contributed by atoms with Crippen molar-refractivity contribution >= 4 is 23.2 Å². The Morgan fingerprint density at radius 3 is 2.85 bits per heavy atom. The molecule has 20 heavy (non-hydrogen) atoms. The van der Waals surface area contributed by atoms with Crippen molar-refractivity contribution in [1.29, 1.82) is 0 Å². The first-order valence-corrected chi connectivity index (χ1v) is 6.75. The lowest BCUT2D eigenvalue weighted by Gasteiger charge is -2.23. The highest BCUT2D eigenvalue weighted by molar-refractivity contribution is 7.12. The topological polar surface area (TPSA) is 101 Å². The second-order valence-electron chi connectivity index (χ2n) is 4.07. The van der Waals surface area contributed by atoms with E-state index in [1.165, 1.54) is 34.3 Å². The summed E-state index contributed by atoms with van der Waals surface area (Å²) in [6.07, 6.45) is 1.72. The lowest BCUT2D eigenvalue weighted by molar-refractivity contribution is -0.142. The van der Waals surface area contributed by atoms with Gasteiger partial charge in [0.2, 0.25) is 0 Å². The number of tetrazole rings is 1. The summed E-state index contributed by atoms with van der Waals surface area (Å²) in [4.78, 5) is 25.2. The van der Waals surface area contributed by atoms with Crippen molar-refractivity contribution < 1.29 is 14.7 Å². The average molecular weight is 295 g/mol. The van der Waals surface area contributed by atoms with Gasteiger partial charge in [0.1, 0.15) is 17.2 Å². The van der Waals surface area contributed by atoms with E-state index >= 15 is 0 Å². The van der Waals surface area contributed by atoms with Gasteiger partial charge in [0, 0.05) is 7.05 Å². The summed E-state index contributed by atoms with van der Waals surface area (Å²) >= 11 is 1.22. The monoisotopic (exact) mass is 295 g/mol. The molecule has 1 N–H and O–H groups in total. The van der Waals surface area contributed by atoms with Crippen LogP contribution < -0.4 is 0 Å². The molecule has 0 saturated carbocycles. The molecular formula is C11H13N5O3S.